The highest BCUT2D eigenvalue weighted by atomic mass is 19.1. The van der Waals surface area contributed by atoms with Crippen molar-refractivity contribution in [1.29, 1.82) is 0 Å². The second-order valence-electron chi connectivity index (χ2n) is 12.5. The van der Waals surface area contributed by atoms with Crippen LogP contribution in [0.15, 0.2) is 97.1 Å². The molecule has 0 radical (unpaired) electrons. The van der Waals surface area contributed by atoms with Gasteiger partial charge >= 0.3 is 0 Å². The molecule has 0 aromatic heterocycles. The normalized spacial score (nSPS) is 15.0. The van der Waals surface area contributed by atoms with Crippen molar-refractivity contribution >= 4 is 5.91 Å². The highest BCUT2D eigenvalue weighted by Gasteiger charge is 2.34. The Balaban J connectivity index is 1.26. The summed E-state index contributed by atoms with van der Waals surface area (Å²) in [5.74, 6) is 0.753. The summed E-state index contributed by atoms with van der Waals surface area (Å²) in [6.07, 6.45) is 5.97. The van der Waals surface area contributed by atoms with Crippen LogP contribution in [0.5, 0.6) is 5.75 Å². The van der Waals surface area contributed by atoms with E-state index in [0.717, 1.165) is 56.5 Å². The van der Waals surface area contributed by atoms with Crippen LogP contribution in [0.3, 0.4) is 0 Å². The molecule has 1 atom stereocenters. The molecule has 0 bridgehead atoms. The van der Waals surface area contributed by atoms with E-state index in [1.54, 1.807) is 19.2 Å². The molecule has 1 N–H and O–H groups in total. The van der Waals surface area contributed by atoms with Gasteiger partial charge in [-0.2, -0.15) is 0 Å². The Morgan fingerprint density at radius 2 is 1.58 bits per heavy atom. The van der Waals surface area contributed by atoms with E-state index in [9.17, 15) is 9.18 Å². The van der Waals surface area contributed by atoms with Crippen molar-refractivity contribution < 1.29 is 13.9 Å². The smallest absolute Gasteiger partial charge is 0.220 e. The van der Waals surface area contributed by atoms with Crippen LogP contribution in [0.4, 0.5) is 4.39 Å². The highest BCUT2D eigenvalue weighted by molar-refractivity contribution is 5.76. The number of nitrogens with zero attached hydrogens (tertiary/aromatic N) is 1. The molecule has 1 heterocycles. The van der Waals surface area contributed by atoms with Gasteiger partial charge in [0.25, 0.3) is 0 Å². The number of methoxy groups -OCH3 is 1. The fourth-order valence-corrected chi connectivity index (χ4v) is 7.13. The molecule has 0 saturated carbocycles. The average molecular weight is 607 g/mol. The van der Waals surface area contributed by atoms with Crippen LogP contribution >= 0.6 is 0 Å². The summed E-state index contributed by atoms with van der Waals surface area (Å²) in [7, 11) is 1.76. The molecule has 45 heavy (non-hydrogen) atoms. The number of halogens is 1. The Hall–Kier alpha value is -3.96. The first-order chi connectivity index (χ1) is 21.9. The molecule has 5 rings (SSSR count). The third-order valence-corrected chi connectivity index (χ3v) is 9.68. The van der Waals surface area contributed by atoms with E-state index >= 15 is 0 Å². The summed E-state index contributed by atoms with van der Waals surface area (Å²) in [5, 5.41) is 3.14. The van der Waals surface area contributed by atoms with Gasteiger partial charge in [0.1, 0.15) is 11.6 Å². The molecular weight excluding hydrogens is 559 g/mol. The molecule has 1 aliphatic heterocycles. The largest absolute Gasteiger partial charge is 0.496 e. The first kappa shape index (κ1) is 32.4. The van der Waals surface area contributed by atoms with Crippen LogP contribution < -0.4 is 10.1 Å². The maximum atomic E-state index is 13.2. The lowest BCUT2D eigenvalue weighted by Crippen LogP contribution is -2.36. The fourth-order valence-electron chi connectivity index (χ4n) is 7.13. The van der Waals surface area contributed by atoms with Crippen molar-refractivity contribution in [3.8, 4) is 5.75 Å². The summed E-state index contributed by atoms with van der Waals surface area (Å²) < 4.78 is 18.9. The van der Waals surface area contributed by atoms with Crippen molar-refractivity contribution in [2.75, 3.05) is 26.7 Å². The molecule has 4 aromatic carbocycles. The number of benzene rings is 4. The van der Waals surface area contributed by atoms with E-state index in [2.05, 4.69) is 96.9 Å². The lowest BCUT2D eigenvalue weighted by Gasteiger charge is -2.39. The Kier molecular flexibility index (Phi) is 11.1. The van der Waals surface area contributed by atoms with Crippen molar-refractivity contribution in [3.63, 3.8) is 0 Å². The number of hydrogen-bond donors (Lipinski definition) is 1. The van der Waals surface area contributed by atoms with Crippen LogP contribution in [0.1, 0.15) is 78.5 Å². The van der Waals surface area contributed by atoms with Gasteiger partial charge in [-0.05, 0) is 110 Å². The molecule has 236 valence electrons. The van der Waals surface area contributed by atoms with Gasteiger partial charge in [0.2, 0.25) is 5.91 Å². The Labute approximate surface area is 268 Å². The average Bonchev–Trinajstić information content (AvgIpc) is 3.07. The standard InChI is InChI=1S/C40H47FN2O2/c1-30-28-33-22-27-43(31(2)37(33)29-38(30)45-3)26-11-24-40(34-12-6-4-7-13-34,35-14-8-5-9-15-35)23-10-25-42-39(44)21-18-32-16-19-36(41)20-17-32/h4-9,12-17,19-20,28-29,31H,10-11,18,21-27H2,1-3H3,(H,42,44). The van der Waals surface area contributed by atoms with Crippen molar-refractivity contribution in [1.82, 2.24) is 10.2 Å². The number of nitrogens with one attached hydrogen (secondary N) is 1. The highest BCUT2D eigenvalue weighted by Crippen LogP contribution is 2.42. The van der Waals surface area contributed by atoms with Gasteiger partial charge in [0.15, 0.2) is 0 Å². The van der Waals surface area contributed by atoms with Gasteiger partial charge in [-0.15, -0.1) is 0 Å². The zero-order valence-electron chi connectivity index (χ0n) is 27.0. The Morgan fingerprint density at radius 3 is 2.22 bits per heavy atom. The zero-order chi connectivity index (χ0) is 31.6. The number of amides is 1. The summed E-state index contributed by atoms with van der Waals surface area (Å²) >= 11 is 0. The number of aryl methyl sites for hydroxylation is 2. The van der Waals surface area contributed by atoms with E-state index in [4.69, 9.17) is 4.74 Å². The van der Waals surface area contributed by atoms with Gasteiger partial charge < -0.3 is 10.1 Å². The minimum atomic E-state index is -0.255. The van der Waals surface area contributed by atoms with E-state index < -0.39 is 0 Å². The molecular formula is C40H47FN2O2. The van der Waals surface area contributed by atoms with Crippen LogP contribution in [0.25, 0.3) is 0 Å². The lowest BCUT2D eigenvalue weighted by molar-refractivity contribution is -0.121. The number of rotatable bonds is 14. The number of carbonyl (C=O) groups excluding carboxylic acids is 1. The predicted octanol–water partition coefficient (Wildman–Crippen LogP) is 8.36. The van der Waals surface area contributed by atoms with Gasteiger partial charge in [0.05, 0.1) is 7.11 Å². The Bertz CT molecular complexity index is 1480. The SMILES string of the molecule is COc1cc2c(cc1C)CCN(CCCC(CCCNC(=O)CCc1ccc(F)cc1)(c1ccccc1)c1ccccc1)C2C. The van der Waals surface area contributed by atoms with Gasteiger partial charge in [0, 0.05) is 31.0 Å². The van der Waals surface area contributed by atoms with Crippen LogP contribution in [-0.2, 0) is 23.1 Å². The molecule has 4 aromatic rings. The molecule has 0 fully saturated rings. The lowest BCUT2D eigenvalue weighted by atomic mass is 9.68. The third-order valence-electron chi connectivity index (χ3n) is 9.68. The molecule has 5 heteroatoms. The maximum Gasteiger partial charge on any atom is 0.220 e. The van der Waals surface area contributed by atoms with Gasteiger partial charge in [-0.1, -0.05) is 78.9 Å². The fraction of sp³-hybridized carbons (Fsp3) is 0.375. The quantitative estimate of drug-likeness (QED) is 0.147. The van der Waals surface area contributed by atoms with Gasteiger partial charge in [-0.25, -0.2) is 4.39 Å². The van der Waals surface area contributed by atoms with Gasteiger partial charge in [-0.3, -0.25) is 9.69 Å². The van der Waals surface area contributed by atoms with Crippen molar-refractivity contribution in [3.05, 3.63) is 136 Å². The molecule has 0 aliphatic carbocycles. The summed E-state index contributed by atoms with van der Waals surface area (Å²) in [5.41, 5.74) is 7.51. The summed E-state index contributed by atoms with van der Waals surface area (Å²) in [6, 6.07) is 33.1. The molecule has 1 aliphatic rings. The summed E-state index contributed by atoms with van der Waals surface area (Å²) in [4.78, 5) is 15.3. The third kappa shape index (κ3) is 8.01. The predicted molar refractivity (Wildman–Crippen MR) is 181 cm³/mol. The summed E-state index contributed by atoms with van der Waals surface area (Å²) in [6.45, 7) is 7.17. The van der Waals surface area contributed by atoms with Crippen molar-refractivity contribution in [2.45, 2.75) is 70.3 Å². The van der Waals surface area contributed by atoms with Crippen LogP contribution in [0.2, 0.25) is 0 Å². The second-order valence-corrected chi connectivity index (χ2v) is 12.5. The minimum Gasteiger partial charge on any atom is -0.496 e. The van der Waals surface area contributed by atoms with E-state index in [0.29, 0.717) is 25.4 Å². The first-order valence-corrected chi connectivity index (χ1v) is 16.4. The topological polar surface area (TPSA) is 41.6 Å². The Morgan fingerprint density at radius 1 is 0.933 bits per heavy atom. The van der Waals surface area contributed by atoms with E-state index in [1.165, 1.54) is 39.9 Å². The van der Waals surface area contributed by atoms with E-state index in [1.807, 2.05) is 0 Å². The zero-order valence-corrected chi connectivity index (χ0v) is 27.0. The minimum absolute atomic E-state index is 0.0375. The molecule has 0 spiro atoms. The molecule has 4 nitrogen and oxygen atoms in total. The number of fused-ring (bicyclic) bond motifs is 1. The molecule has 0 saturated heterocycles. The van der Waals surface area contributed by atoms with Crippen LogP contribution in [-0.4, -0.2) is 37.6 Å². The van der Waals surface area contributed by atoms with Crippen molar-refractivity contribution in [2.24, 2.45) is 0 Å². The molecule has 1 amide bonds. The second kappa shape index (κ2) is 15.4. The monoisotopic (exact) mass is 606 g/mol. The van der Waals surface area contributed by atoms with E-state index in [-0.39, 0.29) is 17.1 Å². The van der Waals surface area contributed by atoms with Crippen LogP contribution in [0, 0.1) is 12.7 Å². The number of hydrogen-bond acceptors (Lipinski definition) is 3. The maximum absolute atomic E-state index is 13.2. The first-order valence-electron chi connectivity index (χ1n) is 16.4. The molecule has 1 unspecified atom stereocenters. The number of carbonyl (C=O) groups is 1. The number of ether oxygens (including phenoxy) is 1.